The Morgan fingerprint density at radius 3 is 0.800 bits per heavy atom. The average Bonchev–Trinajstić information content (AvgIpc) is 2.65. The zero-order valence-electron chi connectivity index (χ0n) is 17.9. The molecule has 0 atom stereocenters. The summed E-state index contributed by atoms with van der Waals surface area (Å²) >= 11 is 0. The summed E-state index contributed by atoms with van der Waals surface area (Å²) in [7, 11) is 1.50. The van der Waals surface area contributed by atoms with Crippen LogP contribution in [0.2, 0.25) is 0 Å². The first-order valence-electron chi connectivity index (χ1n) is 11.6. The Balaban J connectivity index is 0. The standard InChI is InChI=1S/C22H46O.CH5N/c1-2-3-4-5-6-7-8-9-10-11-12-13-14-15-16-17-18-19-20-21-22-23;1-2/h23H,2-22H2,1H3;2H2,1H3. The van der Waals surface area contributed by atoms with E-state index in [1.54, 1.807) is 0 Å². The van der Waals surface area contributed by atoms with Gasteiger partial charge in [0.2, 0.25) is 0 Å². The molecule has 0 heterocycles. The minimum Gasteiger partial charge on any atom is -0.396 e. The molecule has 2 heteroatoms. The van der Waals surface area contributed by atoms with Crippen LogP contribution >= 0.6 is 0 Å². The molecule has 0 aliphatic carbocycles. The minimum atomic E-state index is 0.374. The lowest BCUT2D eigenvalue weighted by molar-refractivity contribution is 0.282. The van der Waals surface area contributed by atoms with Crippen LogP contribution in [0.1, 0.15) is 135 Å². The normalized spacial score (nSPS) is 10.6. The summed E-state index contributed by atoms with van der Waals surface area (Å²) in [5.41, 5.74) is 4.50. The van der Waals surface area contributed by atoms with Crippen molar-refractivity contribution < 1.29 is 5.11 Å². The van der Waals surface area contributed by atoms with Crippen molar-refractivity contribution in [1.29, 1.82) is 0 Å². The summed E-state index contributed by atoms with van der Waals surface area (Å²) in [5.74, 6) is 0. The Kier molecular flexibility index (Phi) is 31.2. The number of aliphatic hydroxyl groups is 1. The molecule has 3 N–H and O–H groups in total. The highest BCUT2D eigenvalue weighted by Gasteiger charge is 1.95. The number of aliphatic hydroxyl groups excluding tert-OH is 1. The molecule has 0 aromatic rings. The SMILES string of the molecule is CCCCCCCCCCCCCCCCCCCCCCO.CN. The lowest BCUT2D eigenvalue weighted by Gasteiger charge is -2.03. The van der Waals surface area contributed by atoms with Crippen LogP contribution in [-0.2, 0) is 0 Å². The van der Waals surface area contributed by atoms with Gasteiger partial charge in [0, 0.05) is 6.61 Å². The van der Waals surface area contributed by atoms with E-state index < -0.39 is 0 Å². The molecule has 0 aliphatic heterocycles. The van der Waals surface area contributed by atoms with Crippen LogP contribution < -0.4 is 5.73 Å². The second-order valence-electron chi connectivity index (χ2n) is 7.44. The van der Waals surface area contributed by atoms with Crippen LogP contribution in [0.15, 0.2) is 0 Å². The predicted molar refractivity (Wildman–Crippen MR) is 115 cm³/mol. The predicted octanol–water partition coefficient (Wildman–Crippen LogP) is 7.38. The Labute approximate surface area is 160 Å². The molecule has 0 saturated heterocycles. The third kappa shape index (κ3) is 29.0. The second-order valence-corrected chi connectivity index (χ2v) is 7.44. The first kappa shape index (κ1) is 27.1. The van der Waals surface area contributed by atoms with Crippen LogP contribution in [-0.4, -0.2) is 18.8 Å². The van der Waals surface area contributed by atoms with Gasteiger partial charge < -0.3 is 10.8 Å². The summed E-state index contributed by atoms with van der Waals surface area (Å²) in [4.78, 5) is 0. The third-order valence-corrected chi connectivity index (χ3v) is 5.01. The van der Waals surface area contributed by atoms with Crippen LogP contribution in [0.4, 0.5) is 0 Å². The molecule has 0 spiro atoms. The molecule has 0 fully saturated rings. The molecule has 0 radical (unpaired) electrons. The van der Waals surface area contributed by atoms with Gasteiger partial charge in [-0.15, -0.1) is 0 Å². The molecular formula is C23H51NO. The molecule has 0 aliphatic rings. The topological polar surface area (TPSA) is 46.2 Å². The Hall–Kier alpha value is -0.0800. The van der Waals surface area contributed by atoms with E-state index in [9.17, 15) is 0 Å². The number of nitrogens with two attached hydrogens (primary N) is 1. The van der Waals surface area contributed by atoms with Gasteiger partial charge in [-0.1, -0.05) is 129 Å². The summed E-state index contributed by atoms with van der Waals surface area (Å²) in [6.45, 7) is 2.67. The van der Waals surface area contributed by atoms with Gasteiger partial charge in [-0.25, -0.2) is 0 Å². The second kappa shape index (κ2) is 28.7. The Morgan fingerprint density at radius 1 is 0.400 bits per heavy atom. The van der Waals surface area contributed by atoms with Crippen molar-refractivity contribution in [1.82, 2.24) is 0 Å². The van der Waals surface area contributed by atoms with E-state index in [4.69, 9.17) is 5.11 Å². The molecule has 0 aromatic heterocycles. The summed E-state index contributed by atoms with van der Waals surface area (Å²) < 4.78 is 0. The van der Waals surface area contributed by atoms with E-state index in [1.807, 2.05) is 0 Å². The van der Waals surface area contributed by atoms with E-state index in [0.29, 0.717) is 6.61 Å². The lowest BCUT2D eigenvalue weighted by Crippen LogP contribution is -1.85. The van der Waals surface area contributed by atoms with E-state index in [2.05, 4.69) is 12.7 Å². The summed E-state index contributed by atoms with van der Waals surface area (Å²) in [6, 6.07) is 0. The Morgan fingerprint density at radius 2 is 0.600 bits per heavy atom. The molecule has 154 valence electrons. The highest BCUT2D eigenvalue weighted by atomic mass is 16.2. The zero-order valence-corrected chi connectivity index (χ0v) is 17.9. The van der Waals surface area contributed by atoms with Gasteiger partial charge in [0.15, 0.2) is 0 Å². The fourth-order valence-electron chi connectivity index (χ4n) is 3.37. The fraction of sp³-hybridized carbons (Fsp3) is 1.00. The monoisotopic (exact) mass is 357 g/mol. The molecule has 0 amide bonds. The van der Waals surface area contributed by atoms with Crippen molar-refractivity contribution in [2.24, 2.45) is 5.73 Å². The van der Waals surface area contributed by atoms with Gasteiger partial charge in [-0.3, -0.25) is 0 Å². The van der Waals surface area contributed by atoms with Crippen LogP contribution in [0, 0.1) is 0 Å². The minimum absolute atomic E-state index is 0.374. The highest BCUT2D eigenvalue weighted by molar-refractivity contribution is 4.50. The van der Waals surface area contributed by atoms with E-state index in [0.717, 1.165) is 6.42 Å². The van der Waals surface area contributed by atoms with Crippen LogP contribution in [0.5, 0.6) is 0 Å². The zero-order chi connectivity index (χ0) is 18.8. The lowest BCUT2D eigenvalue weighted by atomic mass is 10.0. The molecule has 25 heavy (non-hydrogen) atoms. The van der Waals surface area contributed by atoms with Gasteiger partial charge in [-0.2, -0.15) is 0 Å². The van der Waals surface area contributed by atoms with Gasteiger partial charge in [0.05, 0.1) is 0 Å². The third-order valence-electron chi connectivity index (χ3n) is 5.01. The summed E-state index contributed by atoms with van der Waals surface area (Å²) in [5, 5.41) is 8.71. The molecule has 0 bridgehead atoms. The van der Waals surface area contributed by atoms with Gasteiger partial charge in [-0.05, 0) is 13.5 Å². The van der Waals surface area contributed by atoms with Crippen molar-refractivity contribution in [3.8, 4) is 0 Å². The van der Waals surface area contributed by atoms with Gasteiger partial charge in [0.25, 0.3) is 0 Å². The van der Waals surface area contributed by atoms with Gasteiger partial charge >= 0.3 is 0 Å². The van der Waals surface area contributed by atoms with E-state index >= 15 is 0 Å². The smallest absolute Gasteiger partial charge is 0.0431 e. The van der Waals surface area contributed by atoms with E-state index in [1.165, 1.54) is 129 Å². The largest absolute Gasteiger partial charge is 0.396 e. The highest BCUT2D eigenvalue weighted by Crippen LogP contribution is 2.14. The first-order chi connectivity index (χ1) is 12.4. The molecule has 0 aromatic carbocycles. The van der Waals surface area contributed by atoms with Gasteiger partial charge in [0.1, 0.15) is 0 Å². The fourth-order valence-corrected chi connectivity index (χ4v) is 3.37. The van der Waals surface area contributed by atoms with Crippen molar-refractivity contribution >= 4 is 0 Å². The Bertz CT molecular complexity index is 177. The van der Waals surface area contributed by atoms with E-state index in [-0.39, 0.29) is 0 Å². The van der Waals surface area contributed by atoms with Crippen molar-refractivity contribution in [3.63, 3.8) is 0 Å². The molecule has 0 saturated carbocycles. The number of rotatable bonds is 20. The quantitative estimate of drug-likeness (QED) is 0.223. The number of hydrogen-bond donors (Lipinski definition) is 2. The maximum Gasteiger partial charge on any atom is 0.0431 e. The average molecular weight is 358 g/mol. The molecule has 0 unspecified atom stereocenters. The maximum atomic E-state index is 8.71. The molecule has 2 nitrogen and oxygen atoms in total. The van der Waals surface area contributed by atoms with Crippen molar-refractivity contribution in [2.45, 2.75) is 135 Å². The first-order valence-corrected chi connectivity index (χ1v) is 11.6. The molecule has 0 rings (SSSR count). The number of hydrogen-bond acceptors (Lipinski definition) is 2. The van der Waals surface area contributed by atoms with Crippen molar-refractivity contribution in [3.05, 3.63) is 0 Å². The van der Waals surface area contributed by atoms with Crippen LogP contribution in [0.25, 0.3) is 0 Å². The maximum absolute atomic E-state index is 8.71. The van der Waals surface area contributed by atoms with Crippen molar-refractivity contribution in [2.75, 3.05) is 13.7 Å². The molecular weight excluding hydrogens is 306 g/mol. The number of unbranched alkanes of at least 4 members (excludes halogenated alkanes) is 19. The van der Waals surface area contributed by atoms with Crippen LogP contribution in [0.3, 0.4) is 0 Å². The summed E-state index contributed by atoms with van der Waals surface area (Å²) in [6.07, 6.45) is 28.1.